The SMILES string of the molecule is CCCCN1C(=O)[C@@H]([C@H](O)C2CCCCC2)NC(=O)C12CCN(Cc1ccc(C(=O)O)cn1)CC2. The molecule has 0 bridgehead atoms. The number of hydrogen-bond acceptors (Lipinski definition) is 6. The molecule has 3 heterocycles. The van der Waals surface area contributed by atoms with Crippen LogP contribution in [0.4, 0.5) is 0 Å². The summed E-state index contributed by atoms with van der Waals surface area (Å²) in [5, 5.41) is 23.1. The molecule has 1 aromatic heterocycles. The highest BCUT2D eigenvalue weighted by Crippen LogP contribution is 2.36. The fraction of sp³-hybridized carbons (Fsp3) is 0.692. The van der Waals surface area contributed by atoms with Gasteiger partial charge in [-0.15, -0.1) is 0 Å². The van der Waals surface area contributed by atoms with Gasteiger partial charge in [-0.1, -0.05) is 32.6 Å². The molecule has 1 spiro atoms. The molecule has 4 rings (SSSR count). The van der Waals surface area contributed by atoms with Gasteiger partial charge in [0, 0.05) is 32.4 Å². The summed E-state index contributed by atoms with van der Waals surface area (Å²) in [5.41, 5.74) is 0.0421. The number of carboxylic acid groups (broad SMARTS) is 1. The molecule has 9 nitrogen and oxygen atoms in total. The molecule has 0 unspecified atom stereocenters. The summed E-state index contributed by atoms with van der Waals surface area (Å²) in [6.45, 7) is 4.40. The number of aliphatic hydroxyl groups excluding tert-OH is 1. The molecule has 0 aromatic carbocycles. The van der Waals surface area contributed by atoms with Crippen LogP contribution in [-0.2, 0) is 16.1 Å². The van der Waals surface area contributed by atoms with E-state index in [-0.39, 0.29) is 23.3 Å². The third kappa shape index (κ3) is 5.35. The normalized spacial score (nSPS) is 24.4. The molecule has 3 aliphatic rings. The Bertz CT molecular complexity index is 907. The molecule has 192 valence electrons. The van der Waals surface area contributed by atoms with Gasteiger partial charge in [0.1, 0.15) is 11.6 Å². The number of carbonyl (C=O) groups excluding carboxylic acids is 2. The number of hydrogen-bond donors (Lipinski definition) is 3. The Morgan fingerprint density at radius 3 is 2.51 bits per heavy atom. The number of aromatic nitrogens is 1. The standard InChI is InChI=1S/C26H38N4O5/c1-2-3-13-30-23(32)21(22(31)18-7-5-4-6-8-18)28-25(35)26(30)11-14-29(15-12-26)17-20-10-9-19(16-27-20)24(33)34/h9-10,16,18,21-22,31H,2-8,11-15,17H2,1H3,(H,28,35)(H,33,34)/t21-,22-/m1/s1. The van der Waals surface area contributed by atoms with Gasteiger partial charge in [0.05, 0.1) is 17.4 Å². The lowest BCUT2D eigenvalue weighted by Crippen LogP contribution is -2.75. The lowest BCUT2D eigenvalue weighted by Gasteiger charge is -2.52. The summed E-state index contributed by atoms with van der Waals surface area (Å²) in [7, 11) is 0. The second-order valence-corrected chi connectivity index (χ2v) is 10.3. The topological polar surface area (TPSA) is 123 Å². The van der Waals surface area contributed by atoms with Gasteiger partial charge in [0.25, 0.3) is 0 Å². The Balaban J connectivity index is 1.45. The lowest BCUT2D eigenvalue weighted by atomic mass is 9.78. The number of aliphatic hydroxyl groups is 1. The van der Waals surface area contributed by atoms with Crippen LogP contribution in [0.15, 0.2) is 18.3 Å². The van der Waals surface area contributed by atoms with Crippen LogP contribution < -0.4 is 5.32 Å². The van der Waals surface area contributed by atoms with Crippen molar-refractivity contribution in [2.75, 3.05) is 19.6 Å². The maximum atomic E-state index is 13.7. The van der Waals surface area contributed by atoms with Crippen LogP contribution in [0.3, 0.4) is 0 Å². The molecule has 1 aromatic rings. The summed E-state index contributed by atoms with van der Waals surface area (Å²) in [5.74, 6) is -1.23. The van der Waals surface area contributed by atoms with E-state index in [4.69, 9.17) is 5.11 Å². The Hall–Kier alpha value is -2.52. The zero-order valence-electron chi connectivity index (χ0n) is 20.6. The van der Waals surface area contributed by atoms with E-state index in [1.807, 2.05) is 0 Å². The van der Waals surface area contributed by atoms with E-state index in [1.165, 1.54) is 6.20 Å². The number of carboxylic acids is 1. The van der Waals surface area contributed by atoms with E-state index < -0.39 is 23.7 Å². The fourth-order valence-corrected chi connectivity index (χ4v) is 5.91. The number of pyridine rings is 1. The minimum absolute atomic E-state index is 0.0573. The zero-order chi connectivity index (χ0) is 25.0. The van der Waals surface area contributed by atoms with Crippen LogP contribution in [0.2, 0.25) is 0 Å². The Kier molecular flexibility index (Phi) is 8.06. The van der Waals surface area contributed by atoms with Crippen LogP contribution in [0.5, 0.6) is 0 Å². The highest BCUT2D eigenvalue weighted by atomic mass is 16.4. The number of aromatic carboxylic acids is 1. The second-order valence-electron chi connectivity index (χ2n) is 10.3. The van der Waals surface area contributed by atoms with Gasteiger partial charge in [-0.05, 0) is 50.2 Å². The van der Waals surface area contributed by atoms with Gasteiger partial charge in [0.2, 0.25) is 11.8 Å². The smallest absolute Gasteiger partial charge is 0.337 e. The van der Waals surface area contributed by atoms with Crippen molar-refractivity contribution in [1.82, 2.24) is 20.1 Å². The average molecular weight is 487 g/mol. The maximum absolute atomic E-state index is 13.7. The van der Waals surface area contributed by atoms with E-state index in [9.17, 15) is 19.5 Å². The van der Waals surface area contributed by atoms with Crippen molar-refractivity contribution in [1.29, 1.82) is 0 Å². The average Bonchev–Trinajstić information content (AvgIpc) is 2.88. The maximum Gasteiger partial charge on any atom is 0.337 e. The van der Waals surface area contributed by atoms with Gasteiger partial charge in [-0.25, -0.2) is 4.79 Å². The molecular formula is C26H38N4O5. The van der Waals surface area contributed by atoms with Crippen molar-refractivity contribution in [3.05, 3.63) is 29.6 Å². The molecule has 3 fully saturated rings. The highest BCUT2D eigenvalue weighted by molar-refractivity contribution is 6.00. The predicted octanol–water partition coefficient (Wildman–Crippen LogP) is 2.18. The number of amides is 2. The monoisotopic (exact) mass is 486 g/mol. The third-order valence-corrected chi connectivity index (χ3v) is 8.11. The van der Waals surface area contributed by atoms with Gasteiger partial charge in [-0.2, -0.15) is 0 Å². The largest absolute Gasteiger partial charge is 0.478 e. The number of nitrogens with one attached hydrogen (secondary N) is 1. The van der Waals surface area contributed by atoms with Crippen LogP contribution in [-0.4, -0.2) is 80.1 Å². The van der Waals surface area contributed by atoms with Crippen molar-refractivity contribution in [3.63, 3.8) is 0 Å². The van der Waals surface area contributed by atoms with Gasteiger partial charge >= 0.3 is 5.97 Å². The number of piperidine rings is 1. The first-order chi connectivity index (χ1) is 16.9. The summed E-state index contributed by atoms with van der Waals surface area (Å²) in [6.07, 6.45) is 8.38. The number of nitrogens with zero attached hydrogens (tertiary/aromatic N) is 3. The van der Waals surface area contributed by atoms with Crippen molar-refractivity contribution in [2.45, 2.75) is 88.9 Å². The third-order valence-electron chi connectivity index (χ3n) is 8.11. The van der Waals surface area contributed by atoms with Crippen LogP contribution >= 0.6 is 0 Å². The summed E-state index contributed by atoms with van der Waals surface area (Å²) in [4.78, 5) is 46.5. The van der Waals surface area contributed by atoms with E-state index in [2.05, 4.69) is 22.1 Å². The molecule has 3 N–H and O–H groups in total. The van der Waals surface area contributed by atoms with Crippen LogP contribution in [0, 0.1) is 5.92 Å². The van der Waals surface area contributed by atoms with Gasteiger partial charge in [0.15, 0.2) is 0 Å². The van der Waals surface area contributed by atoms with E-state index >= 15 is 0 Å². The molecule has 1 aliphatic carbocycles. The first-order valence-electron chi connectivity index (χ1n) is 13.1. The minimum Gasteiger partial charge on any atom is -0.478 e. The number of unbranched alkanes of at least 4 members (excludes halogenated alkanes) is 1. The molecule has 2 saturated heterocycles. The van der Waals surface area contributed by atoms with Crippen molar-refractivity contribution in [3.8, 4) is 0 Å². The fourth-order valence-electron chi connectivity index (χ4n) is 5.91. The molecule has 1 saturated carbocycles. The Morgan fingerprint density at radius 2 is 1.91 bits per heavy atom. The molecular weight excluding hydrogens is 448 g/mol. The van der Waals surface area contributed by atoms with Crippen LogP contribution in [0.25, 0.3) is 0 Å². The Morgan fingerprint density at radius 1 is 1.20 bits per heavy atom. The first-order valence-corrected chi connectivity index (χ1v) is 13.1. The molecule has 2 atom stereocenters. The number of rotatable bonds is 8. The van der Waals surface area contributed by atoms with Crippen molar-refractivity contribution in [2.24, 2.45) is 5.92 Å². The Labute approximate surface area is 206 Å². The van der Waals surface area contributed by atoms with Crippen LogP contribution in [0.1, 0.15) is 80.8 Å². The lowest BCUT2D eigenvalue weighted by molar-refractivity contribution is -0.166. The molecule has 9 heteroatoms. The van der Waals surface area contributed by atoms with Gasteiger partial charge < -0.3 is 20.4 Å². The number of likely N-dealkylation sites (tertiary alicyclic amines) is 1. The molecule has 2 amide bonds. The molecule has 35 heavy (non-hydrogen) atoms. The molecule has 0 radical (unpaired) electrons. The zero-order valence-corrected chi connectivity index (χ0v) is 20.6. The minimum atomic E-state index is -1.00. The second kappa shape index (κ2) is 11.0. The summed E-state index contributed by atoms with van der Waals surface area (Å²) < 4.78 is 0. The quantitative estimate of drug-likeness (QED) is 0.515. The number of piperazine rings is 1. The van der Waals surface area contributed by atoms with Crippen molar-refractivity contribution >= 4 is 17.8 Å². The van der Waals surface area contributed by atoms with E-state index in [1.54, 1.807) is 17.0 Å². The van der Waals surface area contributed by atoms with Gasteiger partial charge in [-0.3, -0.25) is 19.5 Å². The predicted molar refractivity (Wildman–Crippen MR) is 130 cm³/mol. The summed E-state index contributed by atoms with van der Waals surface area (Å²) >= 11 is 0. The highest BCUT2D eigenvalue weighted by Gasteiger charge is 2.55. The number of carbonyl (C=O) groups is 3. The first kappa shape index (κ1) is 25.6. The molecule has 2 aliphatic heterocycles. The van der Waals surface area contributed by atoms with E-state index in [0.29, 0.717) is 39.0 Å². The summed E-state index contributed by atoms with van der Waals surface area (Å²) in [6, 6.07) is 2.41. The van der Waals surface area contributed by atoms with E-state index in [0.717, 1.165) is 50.6 Å². The van der Waals surface area contributed by atoms with Crippen molar-refractivity contribution < 1.29 is 24.6 Å².